The number of hydrogen-bond donors (Lipinski definition) is 2. The van der Waals surface area contributed by atoms with Gasteiger partial charge in [0.15, 0.2) is 0 Å². The Bertz CT molecular complexity index is 465. The summed E-state index contributed by atoms with van der Waals surface area (Å²) in [5.41, 5.74) is 7.15. The molecule has 116 valence electrons. The zero-order valence-electron chi connectivity index (χ0n) is 13.1. The van der Waals surface area contributed by atoms with Gasteiger partial charge in [0, 0.05) is 29.9 Å². The molecule has 0 unspecified atom stereocenters. The van der Waals surface area contributed by atoms with E-state index in [9.17, 15) is 4.79 Å². The van der Waals surface area contributed by atoms with Gasteiger partial charge in [-0.05, 0) is 57.9 Å². The summed E-state index contributed by atoms with van der Waals surface area (Å²) in [4.78, 5) is 14.5. The largest absolute Gasteiger partial charge is 0.399 e. The molecule has 0 saturated carbocycles. The zero-order chi connectivity index (χ0) is 15.2. The Labute approximate surface area is 127 Å². The molecule has 1 aliphatic rings. The van der Waals surface area contributed by atoms with E-state index in [0.717, 1.165) is 18.7 Å². The number of rotatable bonds is 5. The summed E-state index contributed by atoms with van der Waals surface area (Å²) < 4.78 is 0. The van der Waals surface area contributed by atoms with Crippen molar-refractivity contribution in [2.45, 2.75) is 58.0 Å². The highest BCUT2D eigenvalue weighted by Crippen LogP contribution is 2.22. The fraction of sp³-hybridized carbons (Fsp3) is 0.588. The highest BCUT2D eigenvalue weighted by molar-refractivity contribution is 5.91. The number of benzene rings is 1. The van der Waals surface area contributed by atoms with Gasteiger partial charge >= 0.3 is 0 Å². The molecule has 4 heteroatoms. The third-order valence-corrected chi connectivity index (χ3v) is 4.37. The van der Waals surface area contributed by atoms with Gasteiger partial charge in [-0.3, -0.25) is 9.69 Å². The molecular weight excluding hydrogens is 262 g/mol. The molecule has 1 aliphatic heterocycles. The molecule has 1 heterocycles. The minimum atomic E-state index is 0.0675. The van der Waals surface area contributed by atoms with Crippen molar-refractivity contribution in [2.24, 2.45) is 0 Å². The smallest absolute Gasteiger partial charge is 0.224 e. The normalized spacial score (nSPS) is 23.0. The Balaban J connectivity index is 1.74. The fourth-order valence-corrected chi connectivity index (χ4v) is 3.18. The molecule has 3 N–H and O–H groups in total. The predicted molar refractivity (Wildman–Crippen MR) is 88.2 cm³/mol. The molecular formula is C17H27N3O. The number of carbonyl (C=O) groups is 1. The summed E-state index contributed by atoms with van der Waals surface area (Å²) in [5, 5.41) is 2.91. The van der Waals surface area contributed by atoms with Crippen LogP contribution in [0.2, 0.25) is 0 Å². The molecule has 1 amide bonds. The summed E-state index contributed by atoms with van der Waals surface area (Å²) in [5.74, 6) is 0.0675. The fourth-order valence-electron chi connectivity index (χ4n) is 3.18. The first-order valence-corrected chi connectivity index (χ1v) is 7.97. The van der Waals surface area contributed by atoms with Crippen molar-refractivity contribution in [1.29, 1.82) is 0 Å². The molecule has 2 rings (SSSR count). The lowest BCUT2D eigenvalue weighted by atomic mass is 9.97. The first kappa shape index (κ1) is 15.8. The minimum Gasteiger partial charge on any atom is -0.399 e. The maximum atomic E-state index is 12.0. The lowest BCUT2D eigenvalue weighted by Crippen LogP contribution is -2.44. The number of carbonyl (C=O) groups excluding carboxylic acids is 1. The van der Waals surface area contributed by atoms with Gasteiger partial charge in [-0.1, -0.05) is 12.5 Å². The number of likely N-dealkylation sites (tertiary alicyclic amines) is 1. The molecule has 0 aliphatic carbocycles. The van der Waals surface area contributed by atoms with Crippen molar-refractivity contribution < 1.29 is 4.79 Å². The monoisotopic (exact) mass is 289 g/mol. The Kier molecular flexibility index (Phi) is 5.62. The maximum Gasteiger partial charge on any atom is 0.224 e. The minimum absolute atomic E-state index is 0.0675. The quantitative estimate of drug-likeness (QED) is 0.818. The van der Waals surface area contributed by atoms with E-state index in [-0.39, 0.29) is 5.91 Å². The number of anilines is 2. The molecule has 21 heavy (non-hydrogen) atoms. The van der Waals surface area contributed by atoms with Gasteiger partial charge in [0.2, 0.25) is 5.91 Å². The first-order chi connectivity index (χ1) is 10.1. The lowest BCUT2D eigenvalue weighted by Gasteiger charge is -2.39. The van der Waals surface area contributed by atoms with Crippen LogP contribution in [0.5, 0.6) is 0 Å². The van der Waals surface area contributed by atoms with Crippen LogP contribution in [0.4, 0.5) is 11.4 Å². The van der Waals surface area contributed by atoms with Gasteiger partial charge in [-0.15, -0.1) is 0 Å². The molecule has 0 aromatic heterocycles. The van der Waals surface area contributed by atoms with Crippen LogP contribution in [0.1, 0.15) is 46.0 Å². The SMILES string of the molecule is C[C@@H]1CCC[C@H](C)N1CCCC(=O)Nc1cccc(N)c1. The number of piperidine rings is 1. The van der Waals surface area contributed by atoms with Crippen LogP contribution in [0.25, 0.3) is 0 Å². The lowest BCUT2D eigenvalue weighted by molar-refractivity contribution is -0.116. The van der Waals surface area contributed by atoms with Gasteiger partial charge in [0.25, 0.3) is 0 Å². The van der Waals surface area contributed by atoms with E-state index >= 15 is 0 Å². The van der Waals surface area contributed by atoms with Crippen molar-refractivity contribution in [3.63, 3.8) is 0 Å². The van der Waals surface area contributed by atoms with Crippen LogP contribution >= 0.6 is 0 Å². The second-order valence-electron chi connectivity index (χ2n) is 6.14. The van der Waals surface area contributed by atoms with E-state index < -0.39 is 0 Å². The molecule has 2 atom stereocenters. The molecule has 0 bridgehead atoms. The van der Waals surface area contributed by atoms with Gasteiger partial charge in [0.1, 0.15) is 0 Å². The number of amides is 1. The average molecular weight is 289 g/mol. The highest BCUT2D eigenvalue weighted by atomic mass is 16.1. The van der Waals surface area contributed by atoms with Crippen LogP contribution in [0.15, 0.2) is 24.3 Å². The number of nitrogen functional groups attached to an aromatic ring is 1. The summed E-state index contributed by atoms with van der Waals surface area (Å²) in [6.45, 7) is 5.59. The van der Waals surface area contributed by atoms with Crippen molar-refractivity contribution in [2.75, 3.05) is 17.6 Å². The summed E-state index contributed by atoms with van der Waals surface area (Å²) >= 11 is 0. The second kappa shape index (κ2) is 7.46. The van der Waals surface area contributed by atoms with Crippen LogP contribution in [-0.2, 0) is 4.79 Å². The van der Waals surface area contributed by atoms with Crippen molar-refractivity contribution >= 4 is 17.3 Å². The highest BCUT2D eigenvalue weighted by Gasteiger charge is 2.23. The Morgan fingerprint density at radius 2 is 2.05 bits per heavy atom. The maximum absolute atomic E-state index is 12.0. The topological polar surface area (TPSA) is 58.4 Å². The van der Waals surface area contributed by atoms with Crippen molar-refractivity contribution in [3.05, 3.63) is 24.3 Å². The zero-order valence-corrected chi connectivity index (χ0v) is 13.1. The second-order valence-corrected chi connectivity index (χ2v) is 6.14. The van der Waals surface area contributed by atoms with Gasteiger partial charge in [-0.2, -0.15) is 0 Å². The van der Waals surface area contributed by atoms with E-state index in [0.29, 0.717) is 24.2 Å². The van der Waals surface area contributed by atoms with Crippen LogP contribution in [0.3, 0.4) is 0 Å². The predicted octanol–water partition coefficient (Wildman–Crippen LogP) is 3.25. The van der Waals surface area contributed by atoms with Gasteiger partial charge in [0.05, 0.1) is 0 Å². The molecule has 1 fully saturated rings. The molecule has 1 aromatic rings. The van der Waals surface area contributed by atoms with Crippen molar-refractivity contribution in [1.82, 2.24) is 4.90 Å². The molecule has 1 aromatic carbocycles. The Hall–Kier alpha value is -1.55. The Morgan fingerprint density at radius 1 is 1.33 bits per heavy atom. The number of nitrogens with one attached hydrogen (secondary N) is 1. The number of nitrogens with two attached hydrogens (primary N) is 1. The van der Waals surface area contributed by atoms with E-state index in [1.165, 1.54) is 19.3 Å². The van der Waals surface area contributed by atoms with Gasteiger partial charge < -0.3 is 11.1 Å². The van der Waals surface area contributed by atoms with E-state index in [1.54, 1.807) is 6.07 Å². The third kappa shape index (κ3) is 4.74. The molecule has 4 nitrogen and oxygen atoms in total. The Morgan fingerprint density at radius 3 is 2.71 bits per heavy atom. The molecule has 1 saturated heterocycles. The number of hydrogen-bond acceptors (Lipinski definition) is 3. The summed E-state index contributed by atoms with van der Waals surface area (Å²) in [6.07, 6.45) is 5.35. The average Bonchev–Trinajstić information content (AvgIpc) is 2.42. The standard InChI is InChI=1S/C17H27N3O/c1-13-6-3-7-14(2)20(13)11-5-10-17(21)19-16-9-4-8-15(18)12-16/h4,8-9,12-14H,3,5-7,10-11,18H2,1-2H3,(H,19,21)/t13-,14+. The van der Waals surface area contributed by atoms with Crippen molar-refractivity contribution in [3.8, 4) is 0 Å². The third-order valence-electron chi connectivity index (χ3n) is 4.37. The molecule has 0 radical (unpaired) electrons. The van der Waals surface area contributed by atoms with E-state index in [2.05, 4.69) is 24.1 Å². The van der Waals surface area contributed by atoms with E-state index in [4.69, 9.17) is 5.73 Å². The summed E-state index contributed by atoms with van der Waals surface area (Å²) in [7, 11) is 0. The van der Waals surface area contributed by atoms with Crippen LogP contribution < -0.4 is 11.1 Å². The van der Waals surface area contributed by atoms with Crippen LogP contribution in [0, 0.1) is 0 Å². The van der Waals surface area contributed by atoms with E-state index in [1.807, 2.05) is 18.2 Å². The molecule has 0 spiro atoms. The number of nitrogens with zero attached hydrogens (tertiary/aromatic N) is 1. The van der Waals surface area contributed by atoms with Crippen LogP contribution in [-0.4, -0.2) is 29.4 Å². The summed E-state index contributed by atoms with van der Waals surface area (Å²) in [6, 6.07) is 8.60. The van der Waals surface area contributed by atoms with Gasteiger partial charge in [-0.25, -0.2) is 0 Å². The first-order valence-electron chi connectivity index (χ1n) is 7.97.